The number of nitrogen functional groups attached to an aromatic ring is 1. The molecule has 1 fully saturated rings. The summed E-state index contributed by atoms with van der Waals surface area (Å²) >= 11 is 14.1. The van der Waals surface area contributed by atoms with Crippen LogP contribution < -0.4 is 20.7 Å². The molecule has 2 amide bonds. The minimum absolute atomic E-state index is 0.00408. The standard InChI is InChI=1S/C22H19Cl2N7O5S2/c23-4-8-36-28-14(13-17(24)38-22(25)27-13)18(32)26-15-19(33)31-16(21(34)35)11(10-37-20(15)31)9-30-7-6-29-5-2-1-3-12(29)30/h1-3,5-7,15,20H,4,8-10H2,(H3-,25,26,27,32,34,35)/b28-14-/t15-,20+/m1/s1. The van der Waals surface area contributed by atoms with E-state index in [0.29, 0.717) is 11.3 Å². The number of halogens is 2. The summed E-state index contributed by atoms with van der Waals surface area (Å²) in [5.41, 5.74) is 6.59. The van der Waals surface area contributed by atoms with Crippen LogP contribution in [0.25, 0.3) is 5.65 Å². The van der Waals surface area contributed by atoms with E-state index >= 15 is 0 Å². The van der Waals surface area contributed by atoms with Crippen molar-refractivity contribution in [3.63, 3.8) is 0 Å². The predicted molar refractivity (Wildman–Crippen MR) is 139 cm³/mol. The van der Waals surface area contributed by atoms with Crippen LogP contribution in [0.15, 0.2) is 53.2 Å². The summed E-state index contributed by atoms with van der Waals surface area (Å²) in [6.45, 7) is 0.269. The van der Waals surface area contributed by atoms with Gasteiger partial charge in [0.25, 0.3) is 17.5 Å². The maximum atomic E-state index is 13.1. The Labute approximate surface area is 233 Å². The lowest BCUT2D eigenvalue weighted by Crippen LogP contribution is -2.71. The van der Waals surface area contributed by atoms with Crippen LogP contribution >= 0.6 is 46.3 Å². The molecule has 2 aliphatic rings. The molecule has 3 N–H and O–H groups in total. The van der Waals surface area contributed by atoms with E-state index in [-0.39, 0.29) is 45.6 Å². The van der Waals surface area contributed by atoms with Gasteiger partial charge in [0.05, 0.1) is 23.7 Å². The Bertz CT molecular complexity index is 1500. The number of β-lactam (4-membered cyclic amide) rings is 1. The number of aliphatic carboxylic acids is 1. The number of oxime groups is 1. The largest absolute Gasteiger partial charge is 0.543 e. The number of hydrogen-bond acceptors (Lipinski definition) is 10. The van der Waals surface area contributed by atoms with Gasteiger partial charge < -0.3 is 25.8 Å². The van der Waals surface area contributed by atoms with Crippen molar-refractivity contribution in [1.82, 2.24) is 19.6 Å². The van der Waals surface area contributed by atoms with Crippen molar-refractivity contribution >= 4 is 80.6 Å². The number of hydrogen-bond donors (Lipinski definition) is 2. The highest BCUT2D eigenvalue weighted by Gasteiger charge is 2.53. The molecule has 2 atom stereocenters. The molecule has 0 unspecified atom stereocenters. The number of aromatic nitrogens is 3. The van der Waals surface area contributed by atoms with E-state index in [1.807, 2.05) is 45.8 Å². The van der Waals surface area contributed by atoms with Crippen molar-refractivity contribution < 1.29 is 28.9 Å². The summed E-state index contributed by atoms with van der Waals surface area (Å²) in [5.74, 6) is -2.41. The van der Waals surface area contributed by atoms with E-state index in [0.717, 1.165) is 21.9 Å². The number of rotatable bonds is 9. The first-order chi connectivity index (χ1) is 18.3. The lowest BCUT2D eigenvalue weighted by molar-refractivity contribution is -0.662. The van der Waals surface area contributed by atoms with Gasteiger partial charge in [-0.15, -0.1) is 23.4 Å². The number of thiazole rings is 1. The van der Waals surface area contributed by atoms with Crippen molar-refractivity contribution in [2.24, 2.45) is 5.16 Å². The van der Waals surface area contributed by atoms with Gasteiger partial charge in [0.1, 0.15) is 47.0 Å². The van der Waals surface area contributed by atoms with Gasteiger partial charge >= 0.3 is 0 Å². The van der Waals surface area contributed by atoms with E-state index in [1.165, 1.54) is 11.8 Å². The van der Waals surface area contributed by atoms with E-state index in [2.05, 4.69) is 15.5 Å². The molecule has 198 valence electrons. The number of fused-ring (bicyclic) bond motifs is 2. The summed E-state index contributed by atoms with van der Waals surface area (Å²) in [4.78, 5) is 48.6. The Hall–Kier alpha value is -3.33. The number of anilines is 1. The fraction of sp³-hybridized carbons (Fsp3) is 0.273. The topological polar surface area (TPSA) is 158 Å². The lowest BCUT2D eigenvalue weighted by Gasteiger charge is -2.50. The number of alkyl halides is 1. The average molecular weight is 596 g/mol. The van der Waals surface area contributed by atoms with Crippen LogP contribution in [-0.2, 0) is 25.8 Å². The van der Waals surface area contributed by atoms with Crippen LogP contribution in [0.3, 0.4) is 0 Å². The summed E-state index contributed by atoms with van der Waals surface area (Å²) in [5, 5.41) is 18.0. The molecule has 0 aromatic carbocycles. The fourth-order valence-corrected chi connectivity index (χ4v) is 6.52. The summed E-state index contributed by atoms with van der Waals surface area (Å²) < 4.78 is 3.90. The van der Waals surface area contributed by atoms with Crippen molar-refractivity contribution in [2.45, 2.75) is 18.0 Å². The fourth-order valence-electron chi connectivity index (χ4n) is 4.19. The third-order valence-corrected chi connectivity index (χ3v) is 8.40. The van der Waals surface area contributed by atoms with E-state index < -0.39 is 29.2 Å². The number of pyridine rings is 1. The number of nitrogens with zero attached hydrogens (tertiary/aromatic N) is 5. The van der Waals surface area contributed by atoms with E-state index in [9.17, 15) is 19.5 Å². The Morgan fingerprint density at radius 2 is 2.18 bits per heavy atom. The number of thioether (sulfide) groups is 1. The molecule has 3 aromatic rings. The number of carboxylic acids is 1. The number of nitrogens with two attached hydrogens (primary N) is 1. The highest BCUT2D eigenvalue weighted by Crippen LogP contribution is 2.40. The van der Waals surface area contributed by atoms with Gasteiger partial charge in [0, 0.05) is 17.4 Å². The minimum Gasteiger partial charge on any atom is -0.543 e. The highest BCUT2D eigenvalue weighted by molar-refractivity contribution is 8.00. The number of carboxylic acid groups (broad SMARTS) is 1. The van der Waals surface area contributed by atoms with Crippen molar-refractivity contribution in [3.8, 4) is 0 Å². The Kier molecular flexibility index (Phi) is 7.47. The maximum absolute atomic E-state index is 13.1. The Morgan fingerprint density at radius 1 is 1.37 bits per heavy atom. The summed E-state index contributed by atoms with van der Waals surface area (Å²) in [6.07, 6.45) is 5.56. The molecular weight excluding hydrogens is 577 g/mol. The molecule has 1 saturated heterocycles. The molecule has 0 radical (unpaired) electrons. The molecule has 5 rings (SSSR count). The molecule has 2 aliphatic heterocycles. The number of carbonyl (C=O) groups excluding carboxylic acids is 3. The summed E-state index contributed by atoms with van der Waals surface area (Å²) in [7, 11) is 0. The Balaban J connectivity index is 1.37. The molecular formula is C22H19Cl2N7O5S2. The molecule has 12 nitrogen and oxygen atoms in total. The predicted octanol–water partition coefficient (Wildman–Crippen LogP) is -0.0175. The van der Waals surface area contributed by atoms with Gasteiger partial charge in [0.15, 0.2) is 10.8 Å². The third-order valence-electron chi connectivity index (χ3n) is 5.82. The first-order valence-electron chi connectivity index (χ1n) is 11.1. The number of amides is 2. The van der Waals surface area contributed by atoms with Gasteiger partial charge in [-0.3, -0.25) is 14.5 Å². The molecule has 0 aliphatic carbocycles. The zero-order valence-corrected chi connectivity index (χ0v) is 22.5. The van der Waals surface area contributed by atoms with Crippen molar-refractivity contribution in [1.29, 1.82) is 0 Å². The van der Waals surface area contributed by atoms with E-state index in [1.54, 1.807) is 0 Å². The normalized spacial score (nSPS) is 19.4. The van der Waals surface area contributed by atoms with Crippen LogP contribution in [0, 0.1) is 0 Å². The first kappa shape index (κ1) is 26.3. The first-order valence-corrected chi connectivity index (χ1v) is 13.9. The van der Waals surface area contributed by atoms with Crippen LogP contribution in [0.5, 0.6) is 0 Å². The molecule has 0 saturated carbocycles. The molecule has 5 heterocycles. The molecule has 0 bridgehead atoms. The van der Waals surface area contributed by atoms with Crippen molar-refractivity contribution in [3.05, 3.63) is 58.1 Å². The second kappa shape index (κ2) is 10.8. The molecule has 16 heteroatoms. The van der Waals surface area contributed by atoms with E-state index in [4.69, 9.17) is 33.8 Å². The number of carbonyl (C=O) groups is 3. The van der Waals surface area contributed by atoms with Gasteiger partial charge in [-0.1, -0.05) is 34.2 Å². The lowest BCUT2D eigenvalue weighted by atomic mass is 10.0. The monoisotopic (exact) mass is 595 g/mol. The van der Waals surface area contributed by atoms with Gasteiger partial charge in [0.2, 0.25) is 0 Å². The van der Waals surface area contributed by atoms with Crippen molar-refractivity contribution in [2.75, 3.05) is 24.0 Å². The molecule has 38 heavy (non-hydrogen) atoms. The number of imidazole rings is 1. The van der Waals surface area contributed by atoms with Gasteiger partial charge in [-0.25, -0.2) is 14.0 Å². The van der Waals surface area contributed by atoms with Crippen LogP contribution in [0.2, 0.25) is 4.34 Å². The highest BCUT2D eigenvalue weighted by atomic mass is 35.5. The summed E-state index contributed by atoms with van der Waals surface area (Å²) in [6, 6.07) is 4.65. The SMILES string of the molecule is Nc1nc(/C(=N/OCCCl)C(=O)N[C@@H]2C(=O)N3C(C(=O)[O-])=C(C[n+]4ccn5ccccc54)CS[C@@H]23)c(Cl)s1. The maximum Gasteiger partial charge on any atom is 0.286 e. The van der Waals surface area contributed by atoms with Crippen LogP contribution in [-0.4, -0.2) is 67.4 Å². The van der Waals surface area contributed by atoms with Gasteiger partial charge in [-0.05, 0) is 6.07 Å². The third kappa shape index (κ3) is 4.79. The van der Waals surface area contributed by atoms with Crippen LogP contribution in [0.1, 0.15) is 5.69 Å². The smallest absolute Gasteiger partial charge is 0.286 e. The second-order valence-electron chi connectivity index (χ2n) is 8.13. The zero-order valence-electron chi connectivity index (χ0n) is 19.4. The zero-order chi connectivity index (χ0) is 27.0. The van der Waals surface area contributed by atoms with Gasteiger partial charge in [-0.2, -0.15) is 0 Å². The average Bonchev–Trinajstić information content (AvgIpc) is 3.46. The second-order valence-corrected chi connectivity index (χ2v) is 11.2. The minimum atomic E-state index is -1.46. The quantitative estimate of drug-likeness (QED) is 0.0872. The molecule has 0 spiro atoms. The molecule has 3 aromatic heterocycles. The number of nitrogens with one attached hydrogen (secondary N) is 1. The Morgan fingerprint density at radius 3 is 2.89 bits per heavy atom. The van der Waals surface area contributed by atoms with Crippen LogP contribution in [0.4, 0.5) is 5.13 Å².